The van der Waals surface area contributed by atoms with E-state index in [4.69, 9.17) is 0 Å². The van der Waals surface area contributed by atoms with Crippen LogP contribution in [0.15, 0.2) is 64.9 Å². The Hall–Kier alpha value is -3.48. The number of ketones is 1. The zero-order valence-corrected chi connectivity index (χ0v) is 21.5. The third kappa shape index (κ3) is 3.78. The topological polar surface area (TPSA) is 103 Å². The van der Waals surface area contributed by atoms with Crippen molar-refractivity contribution in [2.75, 3.05) is 13.1 Å². The Morgan fingerprint density at radius 2 is 1.97 bits per heavy atom. The molecule has 1 fully saturated rings. The minimum Gasteiger partial charge on any atom is -0.290 e. The lowest BCUT2D eigenvalue weighted by atomic mass is 9.66. The second-order valence-electron chi connectivity index (χ2n) is 9.11. The van der Waals surface area contributed by atoms with Crippen LogP contribution >= 0.6 is 11.3 Å². The number of piperidine rings is 1. The van der Waals surface area contributed by atoms with Crippen LogP contribution in [-0.2, 0) is 23.0 Å². The molecule has 2 aliphatic rings. The molecule has 1 aliphatic carbocycles. The largest absolute Gasteiger partial charge is 0.290 e. The van der Waals surface area contributed by atoms with Gasteiger partial charge < -0.3 is 0 Å². The molecule has 12 heteroatoms. The zero-order chi connectivity index (χ0) is 25.8. The highest BCUT2D eigenvalue weighted by Gasteiger charge is 2.52. The predicted molar refractivity (Wildman–Crippen MR) is 135 cm³/mol. The molecule has 0 unspecified atom stereocenters. The summed E-state index contributed by atoms with van der Waals surface area (Å²) in [5.41, 5.74) is 2.06. The highest BCUT2D eigenvalue weighted by molar-refractivity contribution is 7.89. The summed E-state index contributed by atoms with van der Waals surface area (Å²) in [6.07, 6.45) is 7.36. The number of carbonyl (C=O) groups excluding carboxylic acids is 1. The molecule has 0 bridgehead atoms. The van der Waals surface area contributed by atoms with E-state index in [0.29, 0.717) is 23.7 Å². The predicted octanol–water partition coefficient (Wildman–Crippen LogP) is 3.59. The van der Waals surface area contributed by atoms with Crippen molar-refractivity contribution in [2.45, 2.75) is 31.3 Å². The van der Waals surface area contributed by atoms with E-state index in [0.717, 1.165) is 16.8 Å². The van der Waals surface area contributed by atoms with E-state index in [-0.39, 0.29) is 36.1 Å². The van der Waals surface area contributed by atoms with Gasteiger partial charge in [0.15, 0.2) is 10.0 Å². The van der Waals surface area contributed by atoms with Crippen LogP contribution in [0.2, 0.25) is 0 Å². The smallest absolute Gasteiger partial charge is 0.260 e. The molecule has 37 heavy (non-hydrogen) atoms. The van der Waals surface area contributed by atoms with Crippen LogP contribution < -0.4 is 0 Å². The van der Waals surface area contributed by atoms with E-state index in [1.165, 1.54) is 44.7 Å². The summed E-state index contributed by atoms with van der Waals surface area (Å²) in [7, 11) is -3.89. The monoisotopic (exact) mass is 538 g/mol. The second kappa shape index (κ2) is 8.82. The standard InChI is InChI=1S/C25H23FN6O3S2/c1-2-31-22(7-9-28-31)37(34,35)30-11-8-18-13-21-17(15-29-32(21)20-5-3-19(26)4-6-20)14-25(18,16-30)23(33)24-27-10-12-36-24/h3-7,9-10,12-13,15H,2,8,11,14,16H2,1H3/t25-/m0/s1. The van der Waals surface area contributed by atoms with Gasteiger partial charge in [0.25, 0.3) is 10.0 Å². The molecular weight excluding hydrogens is 515 g/mol. The molecule has 1 saturated heterocycles. The molecule has 4 heterocycles. The quantitative estimate of drug-likeness (QED) is 0.348. The maximum Gasteiger partial charge on any atom is 0.260 e. The van der Waals surface area contributed by atoms with Crippen LogP contribution in [0.5, 0.6) is 0 Å². The molecular formula is C25H23FN6O3S2. The summed E-state index contributed by atoms with van der Waals surface area (Å²) in [5, 5.41) is 10.8. The molecule has 190 valence electrons. The Kier molecular flexibility index (Phi) is 5.70. The number of nitrogens with zero attached hydrogens (tertiary/aromatic N) is 6. The number of hydrogen-bond donors (Lipinski definition) is 0. The van der Waals surface area contributed by atoms with Gasteiger partial charge in [-0.05, 0) is 61.7 Å². The van der Waals surface area contributed by atoms with Gasteiger partial charge in [-0.2, -0.15) is 14.5 Å². The van der Waals surface area contributed by atoms with E-state index in [2.05, 4.69) is 15.2 Å². The van der Waals surface area contributed by atoms with E-state index < -0.39 is 15.4 Å². The average Bonchev–Trinajstić information content (AvgIpc) is 3.68. The molecule has 4 aromatic rings. The van der Waals surface area contributed by atoms with Gasteiger partial charge >= 0.3 is 0 Å². The SMILES string of the molecule is CCn1nccc1S(=O)(=O)N1CCC2=Cc3c(cnn3-c3ccc(F)cc3)C[C@]2(C(=O)c2nccs2)C1. The summed E-state index contributed by atoms with van der Waals surface area (Å²) >= 11 is 1.25. The molecule has 1 aromatic carbocycles. The van der Waals surface area contributed by atoms with Crippen LogP contribution in [0.4, 0.5) is 4.39 Å². The van der Waals surface area contributed by atoms with Crippen LogP contribution in [0.3, 0.4) is 0 Å². The van der Waals surface area contributed by atoms with Crippen molar-refractivity contribution in [1.82, 2.24) is 28.9 Å². The number of hydrogen-bond acceptors (Lipinski definition) is 7. The lowest BCUT2D eigenvalue weighted by Gasteiger charge is -2.44. The van der Waals surface area contributed by atoms with Crippen molar-refractivity contribution in [2.24, 2.45) is 5.41 Å². The van der Waals surface area contributed by atoms with E-state index in [1.807, 2.05) is 13.0 Å². The van der Waals surface area contributed by atoms with Crippen LogP contribution in [0.25, 0.3) is 11.8 Å². The van der Waals surface area contributed by atoms with Gasteiger partial charge in [-0.25, -0.2) is 22.5 Å². The third-order valence-electron chi connectivity index (χ3n) is 7.09. The van der Waals surface area contributed by atoms with Crippen molar-refractivity contribution in [3.05, 3.63) is 82.0 Å². The van der Waals surface area contributed by atoms with Crippen LogP contribution in [-0.4, -0.2) is 56.1 Å². The van der Waals surface area contributed by atoms with Crippen molar-refractivity contribution < 1.29 is 17.6 Å². The van der Waals surface area contributed by atoms with Crippen LogP contribution in [0.1, 0.15) is 34.4 Å². The molecule has 1 atom stereocenters. The molecule has 1 aliphatic heterocycles. The molecule has 3 aromatic heterocycles. The fourth-order valence-electron chi connectivity index (χ4n) is 5.26. The molecule has 0 radical (unpaired) electrons. The first-order valence-corrected chi connectivity index (χ1v) is 14.2. The molecule has 0 spiro atoms. The number of aryl methyl sites for hydroxylation is 1. The normalized spacial score (nSPS) is 19.8. The maximum atomic E-state index is 14.0. The number of benzene rings is 1. The molecule has 0 N–H and O–H groups in total. The molecule has 9 nitrogen and oxygen atoms in total. The summed E-state index contributed by atoms with van der Waals surface area (Å²) < 4.78 is 45.5. The molecule has 0 saturated carbocycles. The first-order chi connectivity index (χ1) is 17.8. The Balaban J connectivity index is 1.45. The van der Waals surface area contributed by atoms with Gasteiger partial charge in [0, 0.05) is 31.2 Å². The number of aromatic nitrogens is 5. The fraction of sp³-hybridized carbons (Fsp3) is 0.280. The average molecular weight is 539 g/mol. The number of thiazole rings is 1. The Morgan fingerprint density at radius 1 is 1.16 bits per heavy atom. The Labute approximate surface area is 216 Å². The Morgan fingerprint density at radius 3 is 2.70 bits per heavy atom. The summed E-state index contributed by atoms with van der Waals surface area (Å²) in [6, 6.07) is 7.54. The highest BCUT2D eigenvalue weighted by atomic mass is 32.2. The number of rotatable bonds is 6. The van der Waals surface area contributed by atoms with Crippen molar-refractivity contribution in [1.29, 1.82) is 0 Å². The second-order valence-corrected chi connectivity index (χ2v) is 11.9. The van der Waals surface area contributed by atoms with Crippen molar-refractivity contribution in [3.8, 4) is 5.69 Å². The van der Waals surface area contributed by atoms with Gasteiger partial charge in [0.2, 0.25) is 5.78 Å². The number of carbonyl (C=O) groups is 1. The van der Waals surface area contributed by atoms with E-state index in [1.54, 1.807) is 34.6 Å². The number of halogens is 1. The number of Topliss-reactive ketones (excluding diaryl/α,β-unsaturated/α-hetero) is 1. The Bertz CT molecular complexity index is 1620. The molecule has 0 amide bonds. The first kappa shape index (κ1) is 23.9. The van der Waals surface area contributed by atoms with Gasteiger partial charge in [-0.15, -0.1) is 11.3 Å². The highest BCUT2D eigenvalue weighted by Crippen LogP contribution is 2.47. The summed E-state index contributed by atoms with van der Waals surface area (Å²) in [5.74, 6) is -0.535. The summed E-state index contributed by atoms with van der Waals surface area (Å²) in [4.78, 5) is 18.3. The lowest BCUT2D eigenvalue weighted by Crippen LogP contribution is -2.53. The number of fused-ring (bicyclic) bond motifs is 2. The fourth-order valence-corrected chi connectivity index (χ4v) is 7.60. The molecule has 6 rings (SSSR count). The van der Waals surface area contributed by atoms with Crippen LogP contribution in [0, 0.1) is 11.2 Å². The third-order valence-corrected chi connectivity index (χ3v) is 9.73. The first-order valence-electron chi connectivity index (χ1n) is 11.8. The number of sulfonamides is 1. The van der Waals surface area contributed by atoms with Gasteiger partial charge in [-0.1, -0.05) is 5.57 Å². The van der Waals surface area contributed by atoms with Gasteiger partial charge in [0.1, 0.15) is 5.82 Å². The van der Waals surface area contributed by atoms with E-state index >= 15 is 0 Å². The zero-order valence-electron chi connectivity index (χ0n) is 19.9. The van der Waals surface area contributed by atoms with E-state index in [9.17, 15) is 17.6 Å². The summed E-state index contributed by atoms with van der Waals surface area (Å²) in [6.45, 7) is 2.47. The minimum atomic E-state index is -3.89. The van der Waals surface area contributed by atoms with Crippen molar-refractivity contribution in [3.63, 3.8) is 0 Å². The van der Waals surface area contributed by atoms with Gasteiger partial charge in [0.05, 0.1) is 29.2 Å². The van der Waals surface area contributed by atoms with Gasteiger partial charge in [-0.3, -0.25) is 9.48 Å². The van der Waals surface area contributed by atoms with Crippen molar-refractivity contribution >= 4 is 33.2 Å². The minimum absolute atomic E-state index is 0.00432. The lowest BCUT2D eigenvalue weighted by molar-refractivity contribution is 0.0775. The maximum absolute atomic E-state index is 14.0.